The molecule has 0 amide bonds. The summed E-state index contributed by atoms with van der Waals surface area (Å²) in [5.41, 5.74) is 18.0. The van der Waals surface area contributed by atoms with Gasteiger partial charge in [0.2, 0.25) is 0 Å². The number of hydrogen-bond acceptors (Lipinski definition) is 4. The second kappa shape index (κ2) is 15.5. The third kappa shape index (κ3) is 6.70. The minimum atomic E-state index is -0.0628. The Morgan fingerprint density at radius 1 is 0.292 bits per heavy atom. The van der Waals surface area contributed by atoms with Crippen LogP contribution in [0.15, 0.2) is 218 Å². The first kappa shape index (κ1) is 38.3. The second-order valence-corrected chi connectivity index (χ2v) is 17.4. The number of nitrogens with zero attached hydrogens (tertiary/aromatic N) is 4. The molecule has 0 N–H and O–H groups in total. The Bertz CT molecular complexity index is 3600. The molecule has 9 aromatic carbocycles. The first-order chi connectivity index (χ1) is 32.0. The predicted molar refractivity (Wildman–Crippen MR) is 268 cm³/mol. The van der Waals surface area contributed by atoms with Gasteiger partial charge in [0, 0.05) is 43.8 Å². The molecule has 0 atom stereocenters. The van der Waals surface area contributed by atoms with Crippen LogP contribution in [0.5, 0.6) is 0 Å². The Balaban J connectivity index is 0.945. The highest BCUT2D eigenvalue weighted by Crippen LogP contribution is 2.49. The van der Waals surface area contributed by atoms with Gasteiger partial charge in [-0.15, -0.1) is 0 Å². The SMILES string of the molecule is CC1(C)c2ccccc2-c2ccc(-c3ccc(-c4nc(-c5ccccc5)nc(-c5cccc(-c6ccc7nc(-c8ccccc8)c8cccc(-c9ccccc9)c8c7c6)c5)n4)cc3)cc21. The van der Waals surface area contributed by atoms with Crippen molar-refractivity contribution in [2.45, 2.75) is 19.3 Å². The van der Waals surface area contributed by atoms with Gasteiger partial charge in [-0.05, 0) is 79.9 Å². The van der Waals surface area contributed by atoms with Crippen molar-refractivity contribution in [1.29, 1.82) is 0 Å². The Morgan fingerprint density at radius 2 is 0.785 bits per heavy atom. The van der Waals surface area contributed by atoms with E-state index in [1.165, 1.54) is 44.3 Å². The zero-order valence-corrected chi connectivity index (χ0v) is 36.1. The highest BCUT2D eigenvalue weighted by atomic mass is 15.0. The first-order valence-corrected chi connectivity index (χ1v) is 22.2. The van der Waals surface area contributed by atoms with Crippen molar-refractivity contribution in [3.63, 3.8) is 0 Å². The summed E-state index contributed by atoms with van der Waals surface area (Å²) in [6.07, 6.45) is 0. The van der Waals surface area contributed by atoms with Crippen LogP contribution >= 0.6 is 0 Å². The highest BCUT2D eigenvalue weighted by molar-refractivity contribution is 6.17. The quantitative estimate of drug-likeness (QED) is 0.150. The van der Waals surface area contributed by atoms with E-state index < -0.39 is 0 Å². The third-order valence-electron chi connectivity index (χ3n) is 13.1. The zero-order valence-electron chi connectivity index (χ0n) is 36.1. The van der Waals surface area contributed by atoms with Crippen LogP contribution < -0.4 is 0 Å². The molecule has 0 spiro atoms. The van der Waals surface area contributed by atoms with Crippen LogP contribution in [0.25, 0.3) is 112 Å². The van der Waals surface area contributed by atoms with Crippen molar-refractivity contribution in [3.8, 4) is 89.9 Å². The van der Waals surface area contributed by atoms with Crippen molar-refractivity contribution in [2.24, 2.45) is 0 Å². The first-order valence-electron chi connectivity index (χ1n) is 22.2. The molecular formula is C61H42N4. The molecule has 0 radical (unpaired) electrons. The van der Waals surface area contributed by atoms with E-state index in [0.717, 1.165) is 60.9 Å². The molecule has 0 saturated carbocycles. The van der Waals surface area contributed by atoms with Gasteiger partial charge < -0.3 is 0 Å². The van der Waals surface area contributed by atoms with Gasteiger partial charge in [0.25, 0.3) is 0 Å². The molecule has 1 aliphatic carbocycles. The van der Waals surface area contributed by atoms with Gasteiger partial charge in [0.1, 0.15) is 0 Å². The lowest BCUT2D eigenvalue weighted by molar-refractivity contribution is 0.660. The van der Waals surface area contributed by atoms with E-state index in [4.69, 9.17) is 19.9 Å². The summed E-state index contributed by atoms with van der Waals surface area (Å²) in [5, 5.41) is 3.41. The number of fused-ring (bicyclic) bond motifs is 6. The van der Waals surface area contributed by atoms with Crippen LogP contribution in [0.2, 0.25) is 0 Å². The molecule has 0 fully saturated rings. The number of aromatic nitrogens is 4. The fourth-order valence-corrected chi connectivity index (χ4v) is 9.79. The average Bonchev–Trinajstić information content (AvgIpc) is 3.61. The normalized spacial score (nSPS) is 12.6. The van der Waals surface area contributed by atoms with Crippen LogP contribution in [0, 0.1) is 0 Å². The van der Waals surface area contributed by atoms with Gasteiger partial charge in [-0.3, -0.25) is 0 Å². The fourth-order valence-electron chi connectivity index (χ4n) is 9.79. The molecule has 12 rings (SSSR count). The summed E-state index contributed by atoms with van der Waals surface area (Å²) >= 11 is 0. The molecule has 306 valence electrons. The number of rotatable bonds is 7. The third-order valence-corrected chi connectivity index (χ3v) is 13.1. The van der Waals surface area contributed by atoms with E-state index in [1.54, 1.807) is 0 Å². The Morgan fingerprint density at radius 3 is 1.52 bits per heavy atom. The predicted octanol–water partition coefficient (Wildman–Crippen LogP) is 15.5. The number of hydrogen-bond donors (Lipinski definition) is 0. The molecule has 2 aromatic heterocycles. The van der Waals surface area contributed by atoms with E-state index in [0.29, 0.717) is 17.5 Å². The van der Waals surface area contributed by atoms with Gasteiger partial charge >= 0.3 is 0 Å². The highest BCUT2D eigenvalue weighted by Gasteiger charge is 2.35. The van der Waals surface area contributed by atoms with Crippen molar-refractivity contribution in [1.82, 2.24) is 19.9 Å². The van der Waals surface area contributed by atoms with E-state index in [1.807, 2.05) is 18.2 Å². The minimum absolute atomic E-state index is 0.0628. The zero-order chi connectivity index (χ0) is 43.5. The van der Waals surface area contributed by atoms with Crippen LogP contribution in [-0.2, 0) is 5.41 Å². The Labute approximate surface area is 378 Å². The Kier molecular flexibility index (Phi) is 9.13. The van der Waals surface area contributed by atoms with Crippen LogP contribution in [0.3, 0.4) is 0 Å². The summed E-state index contributed by atoms with van der Waals surface area (Å²) in [4.78, 5) is 20.6. The van der Waals surface area contributed by atoms with Gasteiger partial charge in [0.15, 0.2) is 17.5 Å². The van der Waals surface area contributed by atoms with E-state index in [9.17, 15) is 0 Å². The maximum absolute atomic E-state index is 5.31. The summed E-state index contributed by atoms with van der Waals surface area (Å²) in [7, 11) is 0. The lowest BCUT2D eigenvalue weighted by Crippen LogP contribution is -2.14. The van der Waals surface area contributed by atoms with Gasteiger partial charge in [-0.1, -0.05) is 208 Å². The molecule has 65 heavy (non-hydrogen) atoms. The fraction of sp³-hybridized carbons (Fsp3) is 0.0492. The molecule has 11 aromatic rings. The Hall–Kier alpha value is -8.34. The molecule has 0 saturated heterocycles. The largest absolute Gasteiger partial charge is 0.247 e. The van der Waals surface area contributed by atoms with Crippen LogP contribution in [-0.4, -0.2) is 19.9 Å². The van der Waals surface area contributed by atoms with E-state index in [-0.39, 0.29) is 5.41 Å². The molecule has 4 heteroatoms. The second-order valence-electron chi connectivity index (χ2n) is 17.4. The molecule has 0 bridgehead atoms. The van der Waals surface area contributed by atoms with Crippen molar-refractivity contribution < 1.29 is 0 Å². The summed E-state index contributed by atoms with van der Waals surface area (Å²) in [6, 6.07) is 77.3. The number of pyridine rings is 1. The van der Waals surface area contributed by atoms with Crippen LogP contribution in [0.4, 0.5) is 0 Å². The van der Waals surface area contributed by atoms with Gasteiger partial charge in [0.05, 0.1) is 11.2 Å². The standard InChI is InChI=1S/C61H42N4/c1-61(2)53-27-13-12-24-49(53)50-34-32-46(38-54(50)61)39-28-30-43(31-29-39)59-63-58(42-20-10-5-11-21-42)64-60(65-59)47-23-14-22-44(36-47)45-33-35-55-52(37-45)56-48(40-16-6-3-7-17-40)25-15-26-51(56)57(62-55)41-18-8-4-9-19-41/h3-38H,1-2H3. The number of benzene rings is 9. The van der Waals surface area contributed by atoms with Gasteiger partial charge in [-0.25, -0.2) is 19.9 Å². The van der Waals surface area contributed by atoms with E-state index in [2.05, 4.69) is 214 Å². The maximum Gasteiger partial charge on any atom is 0.164 e. The lowest BCUT2D eigenvalue weighted by atomic mass is 9.81. The van der Waals surface area contributed by atoms with Crippen molar-refractivity contribution >= 4 is 21.7 Å². The average molecular weight is 831 g/mol. The molecule has 4 nitrogen and oxygen atoms in total. The summed E-state index contributed by atoms with van der Waals surface area (Å²) in [5.74, 6) is 1.88. The molecule has 0 aliphatic heterocycles. The van der Waals surface area contributed by atoms with Gasteiger partial charge in [-0.2, -0.15) is 0 Å². The molecule has 2 heterocycles. The maximum atomic E-state index is 5.31. The minimum Gasteiger partial charge on any atom is -0.247 e. The van der Waals surface area contributed by atoms with Crippen molar-refractivity contribution in [3.05, 3.63) is 230 Å². The van der Waals surface area contributed by atoms with E-state index >= 15 is 0 Å². The monoisotopic (exact) mass is 830 g/mol. The molecule has 1 aliphatic rings. The van der Waals surface area contributed by atoms with Crippen molar-refractivity contribution in [2.75, 3.05) is 0 Å². The van der Waals surface area contributed by atoms with Crippen LogP contribution in [0.1, 0.15) is 25.0 Å². The molecular weight excluding hydrogens is 789 g/mol. The summed E-state index contributed by atoms with van der Waals surface area (Å²) < 4.78 is 0. The lowest BCUT2D eigenvalue weighted by Gasteiger charge is -2.22. The smallest absolute Gasteiger partial charge is 0.164 e. The topological polar surface area (TPSA) is 51.6 Å². The molecule has 0 unspecified atom stereocenters. The summed E-state index contributed by atoms with van der Waals surface area (Å²) in [6.45, 7) is 4.65.